The minimum atomic E-state index is -2.68. The minimum Gasteiger partial charge on any atom is -0.444 e. The molecule has 0 aliphatic carbocycles. The maximum absolute atomic E-state index is 15.6. The van der Waals surface area contributed by atoms with E-state index in [4.69, 9.17) is 4.74 Å². The number of alkyl halides is 2. The number of carbonyl (C=O) groups excluding carboxylic acids is 1. The summed E-state index contributed by atoms with van der Waals surface area (Å²) in [4.78, 5) is 28.5. The van der Waals surface area contributed by atoms with Gasteiger partial charge in [-0.2, -0.15) is 5.10 Å². The molecule has 1 fully saturated rings. The van der Waals surface area contributed by atoms with Gasteiger partial charge in [-0.3, -0.25) is 9.58 Å². The molecule has 1 saturated heterocycles. The lowest BCUT2D eigenvalue weighted by atomic mass is 10.1. The number of hydrogen-bond acceptors (Lipinski definition) is 7. The molecule has 1 unspecified atom stereocenters. The number of aromatic nitrogens is 5. The first kappa shape index (κ1) is 32.3. The minimum absolute atomic E-state index is 0.0820. The fraction of sp³-hybridized carbons (Fsp3) is 0.500. The van der Waals surface area contributed by atoms with Gasteiger partial charge >= 0.3 is 6.09 Å². The van der Waals surface area contributed by atoms with Crippen LogP contribution in [-0.2, 0) is 11.3 Å². The van der Waals surface area contributed by atoms with Crippen molar-refractivity contribution in [2.45, 2.75) is 78.0 Å². The first-order valence-electron chi connectivity index (χ1n) is 15.3. The van der Waals surface area contributed by atoms with E-state index in [-0.39, 0.29) is 24.1 Å². The Kier molecular flexibility index (Phi) is 9.38. The highest BCUT2D eigenvalue weighted by Crippen LogP contribution is 2.30. The Labute approximate surface area is 261 Å². The van der Waals surface area contributed by atoms with Gasteiger partial charge in [-0.1, -0.05) is 0 Å². The summed E-state index contributed by atoms with van der Waals surface area (Å²) in [6, 6.07) is 7.37. The highest BCUT2D eigenvalue weighted by molar-refractivity contribution is 5.84. The van der Waals surface area contributed by atoms with Crippen molar-refractivity contribution in [3.63, 3.8) is 0 Å². The Morgan fingerprint density at radius 3 is 2.58 bits per heavy atom. The van der Waals surface area contributed by atoms with Crippen LogP contribution in [0, 0.1) is 5.82 Å². The van der Waals surface area contributed by atoms with Crippen molar-refractivity contribution in [3.8, 4) is 11.1 Å². The van der Waals surface area contributed by atoms with E-state index < -0.39 is 17.3 Å². The van der Waals surface area contributed by atoms with Crippen LogP contribution < -0.4 is 5.32 Å². The third kappa shape index (κ3) is 8.33. The van der Waals surface area contributed by atoms with Gasteiger partial charge in [0.15, 0.2) is 5.82 Å². The molecule has 3 aromatic heterocycles. The lowest BCUT2D eigenvalue weighted by Gasteiger charge is -2.38. The zero-order valence-corrected chi connectivity index (χ0v) is 26.4. The molecule has 45 heavy (non-hydrogen) atoms. The summed E-state index contributed by atoms with van der Waals surface area (Å²) in [6.45, 7) is 11.7. The second-order valence-corrected chi connectivity index (χ2v) is 12.7. The van der Waals surface area contributed by atoms with Crippen LogP contribution in [0.5, 0.6) is 0 Å². The largest absolute Gasteiger partial charge is 0.444 e. The smallest absolute Gasteiger partial charge is 0.410 e. The molecule has 1 amide bonds. The monoisotopic (exact) mass is 626 g/mol. The van der Waals surface area contributed by atoms with E-state index >= 15 is 4.39 Å². The van der Waals surface area contributed by atoms with Gasteiger partial charge in [0.05, 0.1) is 11.7 Å². The number of piperazine rings is 1. The van der Waals surface area contributed by atoms with Crippen LogP contribution in [0.25, 0.3) is 22.2 Å². The number of nitrogens with one attached hydrogen (secondary N) is 2. The van der Waals surface area contributed by atoms with Gasteiger partial charge in [0, 0.05) is 68.7 Å². The van der Waals surface area contributed by atoms with Gasteiger partial charge in [-0.05, 0) is 77.3 Å². The van der Waals surface area contributed by atoms with Crippen LogP contribution in [0.15, 0.2) is 42.9 Å². The van der Waals surface area contributed by atoms with Gasteiger partial charge in [0.1, 0.15) is 16.9 Å². The number of H-pyrrole nitrogens is 1. The number of anilines is 2. The summed E-state index contributed by atoms with van der Waals surface area (Å²) >= 11 is 0. The second-order valence-electron chi connectivity index (χ2n) is 12.7. The predicted molar refractivity (Wildman–Crippen MR) is 167 cm³/mol. The molecule has 1 aliphatic rings. The summed E-state index contributed by atoms with van der Waals surface area (Å²) < 4.78 is 48.9. The Balaban J connectivity index is 1.21. The number of fused-ring (bicyclic) bond motifs is 1. The van der Waals surface area contributed by atoms with Crippen molar-refractivity contribution < 1.29 is 22.7 Å². The van der Waals surface area contributed by atoms with Crippen LogP contribution >= 0.6 is 0 Å². The van der Waals surface area contributed by atoms with Crippen molar-refractivity contribution in [1.29, 1.82) is 0 Å². The van der Waals surface area contributed by atoms with Crippen molar-refractivity contribution in [3.05, 3.63) is 54.2 Å². The first-order chi connectivity index (χ1) is 21.3. The molecule has 1 aromatic carbocycles. The Bertz CT molecular complexity index is 1620. The fourth-order valence-corrected chi connectivity index (χ4v) is 5.39. The molecule has 13 heteroatoms. The van der Waals surface area contributed by atoms with E-state index in [1.165, 1.54) is 0 Å². The molecule has 1 atom stereocenters. The SMILES string of the molecule is CC(c1ccnc(Nc2nc3ccc(-c4cnn(CCCCC(C)(F)F)c4)c(F)c3[nH]2)c1)N1CCN(C(=O)OC(C)(C)C)CC1. The molecule has 10 nitrogen and oxygen atoms in total. The van der Waals surface area contributed by atoms with E-state index in [0.717, 1.165) is 12.5 Å². The number of aryl methyl sites for hydroxylation is 1. The van der Waals surface area contributed by atoms with Gasteiger partial charge in [0.25, 0.3) is 0 Å². The van der Waals surface area contributed by atoms with E-state index in [2.05, 4.69) is 37.2 Å². The molecular formula is C32H41F3N8O2. The molecule has 0 spiro atoms. The van der Waals surface area contributed by atoms with E-state index in [1.54, 1.807) is 40.3 Å². The lowest BCUT2D eigenvalue weighted by molar-refractivity contribution is 0.00968. The summed E-state index contributed by atoms with van der Waals surface area (Å²) in [5.74, 6) is -2.22. The number of ether oxygens (including phenoxy) is 1. The van der Waals surface area contributed by atoms with Crippen molar-refractivity contribution in [2.75, 3.05) is 31.5 Å². The number of nitrogens with zero attached hydrogens (tertiary/aromatic N) is 6. The van der Waals surface area contributed by atoms with Crippen LogP contribution in [0.3, 0.4) is 0 Å². The molecule has 5 rings (SSSR count). The van der Waals surface area contributed by atoms with Crippen LogP contribution in [0.2, 0.25) is 0 Å². The number of benzene rings is 1. The molecular weight excluding hydrogens is 585 g/mol. The number of hydrogen-bond donors (Lipinski definition) is 2. The molecule has 2 N–H and O–H groups in total. The number of rotatable bonds is 10. The maximum atomic E-state index is 15.6. The van der Waals surface area contributed by atoms with Gasteiger partial charge in [0.2, 0.25) is 11.9 Å². The predicted octanol–water partition coefficient (Wildman–Crippen LogP) is 7.14. The highest BCUT2D eigenvalue weighted by atomic mass is 19.3. The standard InChI is InChI=1S/C32H41F3N8O2/c1-21(41-14-16-42(17-15-41)30(44)45-31(2,3)4)22-10-12-36-26(18-22)39-29-38-25-9-8-24(27(33)28(25)40-29)23-19-37-43(20-23)13-7-6-11-32(5,34)35/h8-10,12,18-21H,6-7,11,13-17H2,1-5H3,(H2,36,38,39,40). The first-order valence-corrected chi connectivity index (χ1v) is 15.3. The van der Waals surface area contributed by atoms with Crippen LogP contribution in [-0.4, -0.2) is 78.3 Å². The molecule has 1 aliphatic heterocycles. The molecule has 242 valence electrons. The number of aromatic amines is 1. The van der Waals surface area contributed by atoms with Crippen molar-refractivity contribution >= 4 is 28.9 Å². The quantitative estimate of drug-likeness (QED) is 0.180. The molecule has 0 bridgehead atoms. The third-order valence-electron chi connectivity index (χ3n) is 7.82. The number of halogens is 3. The maximum Gasteiger partial charge on any atom is 0.410 e. The molecule has 4 heterocycles. The zero-order chi connectivity index (χ0) is 32.4. The zero-order valence-electron chi connectivity index (χ0n) is 26.4. The lowest BCUT2D eigenvalue weighted by Crippen LogP contribution is -2.50. The number of imidazole rings is 1. The Morgan fingerprint density at radius 2 is 1.87 bits per heavy atom. The van der Waals surface area contributed by atoms with Crippen LogP contribution in [0.4, 0.5) is 29.7 Å². The third-order valence-corrected chi connectivity index (χ3v) is 7.82. The Hall–Kier alpha value is -4.13. The summed E-state index contributed by atoms with van der Waals surface area (Å²) in [5.41, 5.74) is 2.18. The summed E-state index contributed by atoms with van der Waals surface area (Å²) in [6.07, 6.45) is 5.49. The van der Waals surface area contributed by atoms with Gasteiger partial charge in [-0.25, -0.2) is 27.9 Å². The van der Waals surface area contributed by atoms with E-state index in [9.17, 15) is 13.6 Å². The van der Waals surface area contributed by atoms with E-state index in [1.807, 2.05) is 32.9 Å². The second kappa shape index (κ2) is 13.1. The van der Waals surface area contributed by atoms with Crippen LogP contribution in [0.1, 0.15) is 65.5 Å². The normalized spacial score (nSPS) is 15.4. The molecule has 0 radical (unpaired) electrons. The average Bonchev–Trinajstić information content (AvgIpc) is 3.61. The van der Waals surface area contributed by atoms with Crippen molar-refractivity contribution in [1.82, 2.24) is 34.5 Å². The average molecular weight is 627 g/mol. The molecule has 4 aromatic rings. The number of carbonyl (C=O) groups is 1. The summed E-state index contributed by atoms with van der Waals surface area (Å²) in [5, 5.41) is 7.44. The molecule has 0 saturated carbocycles. The van der Waals surface area contributed by atoms with Gasteiger partial charge in [-0.15, -0.1) is 0 Å². The topological polar surface area (TPSA) is 104 Å². The number of unbranched alkanes of at least 4 members (excludes halogenated alkanes) is 1. The highest BCUT2D eigenvalue weighted by Gasteiger charge is 2.28. The van der Waals surface area contributed by atoms with Gasteiger partial charge < -0.3 is 19.9 Å². The Morgan fingerprint density at radius 1 is 1.11 bits per heavy atom. The number of pyridine rings is 1. The van der Waals surface area contributed by atoms with Crippen molar-refractivity contribution in [2.24, 2.45) is 0 Å². The number of amides is 1. The van der Waals surface area contributed by atoms with E-state index in [0.29, 0.717) is 74.0 Å². The fourth-order valence-electron chi connectivity index (χ4n) is 5.39. The summed E-state index contributed by atoms with van der Waals surface area (Å²) in [7, 11) is 0.